The van der Waals surface area contributed by atoms with Crippen LogP contribution in [-0.4, -0.2) is 4.98 Å². The second-order valence-corrected chi connectivity index (χ2v) is 5.94. The molecule has 0 radical (unpaired) electrons. The molecule has 0 unspecified atom stereocenters. The van der Waals surface area contributed by atoms with Crippen LogP contribution in [-0.2, 0) is 6.61 Å². The van der Waals surface area contributed by atoms with Gasteiger partial charge in [0.25, 0.3) is 0 Å². The summed E-state index contributed by atoms with van der Waals surface area (Å²) in [5.74, 6) is -2.04. The number of thiazole rings is 1. The minimum atomic E-state index is -0.983. The Labute approximate surface area is 116 Å². The summed E-state index contributed by atoms with van der Waals surface area (Å²) in [7, 11) is 0. The lowest BCUT2D eigenvalue weighted by molar-refractivity contribution is 0.283. The van der Waals surface area contributed by atoms with Crippen molar-refractivity contribution in [1.29, 1.82) is 0 Å². The lowest BCUT2D eigenvalue weighted by Crippen LogP contribution is -1.99. The molecule has 2 rings (SSSR count). The molecule has 0 saturated carbocycles. The van der Waals surface area contributed by atoms with Gasteiger partial charge in [0.2, 0.25) is 5.82 Å². The summed E-state index contributed by atoms with van der Waals surface area (Å²) in [6.45, 7) is 3.98. The standard InChI is InChI=1S/C12H10BrF2NOS/c1-6-7(2)18-11(16-6)5-17-10-4-8(13)3-9(14)12(10)15/h3-4H,5H2,1-2H3. The van der Waals surface area contributed by atoms with Crippen molar-refractivity contribution in [3.05, 3.63) is 43.8 Å². The summed E-state index contributed by atoms with van der Waals surface area (Å²) in [6, 6.07) is 2.45. The highest BCUT2D eigenvalue weighted by Crippen LogP contribution is 2.26. The summed E-state index contributed by atoms with van der Waals surface area (Å²) in [5, 5.41) is 0.741. The molecule has 0 fully saturated rings. The molecule has 1 heterocycles. The van der Waals surface area contributed by atoms with Gasteiger partial charge in [-0.2, -0.15) is 4.39 Å². The Bertz CT molecular complexity index is 566. The van der Waals surface area contributed by atoms with Crippen molar-refractivity contribution in [3.8, 4) is 5.75 Å². The molecule has 0 amide bonds. The number of aromatic nitrogens is 1. The zero-order valence-electron chi connectivity index (χ0n) is 9.76. The van der Waals surface area contributed by atoms with Crippen LogP contribution in [0.1, 0.15) is 15.6 Å². The quantitative estimate of drug-likeness (QED) is 0.777. The van der Waals surface area contributed by atoms with Crippen LogP contribution in [0.5, 0.6) is 5.75 Å². The van der Waals surface area contributed by atoms with Gasteiger partial charge in [0.1, 0.15) is 11.6 Å². The molecule has 0 aliphatic heterocycles. The van der Waals surface area contributed by atoms with Gasteiger partial charge in [-0.25, -0.2) is 9.37 Å². The highest BCUT2D eigenvalue weighted by Gasteiger charge is 2.12. The molecular weight excluding hydrogens is 324 g/mol. The summed E-state index contributed by atoms with van der Waals surface area (Å²) >= 11 is 4.57. The van der Waals surface area contributed by atoms with Gasteiger partial charge < -0.3 is 4.74 Å². The molecule has 2 aromatic rings. The third-order valence-electron chi connectivity index (χ3n) is 2.38. The molecule has 0 N–H and O–H groups in total. The van der Waals surface area contributed by atoms with Crippen LogP contribution in [0, 0.1) is 25.5 Å². The Morgan fingerprint density at radius 2 is 2.06 bits per heavy atom. The maximum absolute atomic E-state index is 13.4. The van der Waals surface area contributed by atoms with E-state index < -0.39 is 11.6 Å². The van der Waals surface area contributed by atoms with E-state index in [4.69, 9.17) is 4.74 Å². The monoisotopic (exact) mass is 333 g/mol. The first-order chi connectivity index (χ1) is 8.47. The van der Waals surface area contributed by atoms with E-state index in [0.29, 0.717) is 4.47 Å². The van der Waals surface area contributed by atoms with Crippen molar-refractivity contribution in [2.24, 2.45) is 0 Å². The summed E-state index contributed by atoms with van der Waals surface area (Å²) < 4.78 is 32.3. The van der Waals surface area contributed by atoms with Gasteiger partial charge in [0.15, 0.2) is 11.6 Å². The maximum atomic E-state index is 13.4. The van der Waals surface area contributed by atoms with E-state index in [2.05, 4.69) is 20.9 Å². The van der Waals surface area contributed by atoms with Crippen LogP contribution >= 0.6 is 27.3 Å². The van der Waals surface area contributed by atoms with Gasteiger partial charge in [-0.05, 0) is 26.0 Å². The molecule has 0 saturated heterocycles. The van der Waals surface area contributed by atoms with Crippen molar-refractivity contribution in [2.75, 3.05) is 0 Å². The van der Waals surface area contributed by atoms with Gasteiger partial charge in [0.05, 0.1) is 5.69 Å². The number of hydrogen-bond acceptors (Lipinski definition) is 3. The molecule has 0 atom stereocenters. The number of nitrogens with zero attached hydrogens (tertiary/aromatic N) is 1. The molecule has 2 nitrogen and oxygen atoms in total. The van der Waals surface area contributed by atoms with E-state index in [-0.39, 0.29) is 12.4 Å². The molecule has 0 spiro atoms. The van der Waals surface area contributed by atoms with E-state index in [9.17, 15) is 8.78 Å². The zero-order chi connectivity index (χ0) is 13.3. The van der Waals surface area contributed by atoms with Crippen molar-refractivity contribution in [1.82, 2.24) is 4.98 Å². The first-order valence-corrected chi connectivity index (χ1v) is 6.78. The fraction of sp³-hybridized carbons (Fsp3) is 0.250. The van der Waals surface area contributed by atoms with Gasteiger partial charge in [-0.3, -0.25) is 0 Å². The van der Waals surface area contributed by atoms with Gasteiger partial charge in [-0.15, -0.1) is 11.3 Å². The lowest BCUT2D eigenvalue weighted by Gasteiger charge is -2.06. The molecule has 96 valence electrons. The average molecular weight is 334 g/mol. The van der Waals surface area contributed by atoms with Crippen LogP contribution in [0.15, 0.2) is 16.6 Å². The third kappa shape index (κ3) is 2.87. The molecule has 18 heavy (non-hydrogen) atoms. The number of rotatable bonds is 3. The van der Waals surface area contributed by atoms with Gasteiger partial charge >= 0.3 is 0 Å². The highest BCUT2D eigenvalue weighted by molar-refractivity contribution is 9.10. The van der Waals surface area contributed by atoms with Crippen LogP contribution in [0.25, 0.3) is 0 Å². The van der Waals surface area contributed by atoms with E-state index in [1.807, 2.05) is 13.8 Å². The fourth-order valence-electron chi connectivity index (χ4n) is 1.38. The highest BCUT2D eigenvalue weighted by atomic mass is 79.9. The smallest absolute Gasteiger partial charge is 0.200 e. The Morgan fingerprint density at radius 3 is 2.67 bits per heavy atom. The fourth-order valence-corrected chi connectivity index (χ4v) is 2.63. The van der Waals surface area contributed by atoms with Gasteiger partial charge in [-0.1, -0.05) is 15.9 Å². The predicted molar refractivity (Wildman–Crippen MR) is 70.0 cm³/mol. The summed E-state index contributed by atoms with van der Waals surface area (Å²) in [4.78, 5) is 5.36. The Balaban J connectivity index is 2.15. The average Bonchev–Trinajstić information content (AvgIpc) is 2.61. The van der Waals surface area contributed by atoms with Crippen LogP contribution in [0.4, 0.5) is 8.78 Å². The van der Waals surface area contributed by atoms with Gasteiger partial charge in [0, 0.05) is 9.35 Å². The molecular formula is C12H10BrF2NOS. The number of aryl methyl sites for hydroxylation is 2. The summed E-state index contributed by atoms with van der Waals surface area (Å²) in [6.07, 6.45) is 0. The third-order valence-corrected chi connectivity index (χ3v) is 3.89. The maximum Gasteiger partial charge on any atom is 0.200 e. The van der Waals surface area contributed by atoms with Crippen molar-refractivity contribution >= 4 is 27.3 Å². The lowest BCUT2D eigenvalue weighted by atomic mass is 10.3. The molecule has 6 heteroatoms. The van der Waals surface area contributed by atoms with E-state index >= 15 is 0 Å². The van der Waals surface area contributed by atoms with Crippen molar-refractivity contribution < 1.29 is 13.5 Å². The first kappa shape index (κ1) is 13.4. The Morgan fingerprint density at radius 1 is 1.33 bits per heavy atom. The minimum Gasteiger partial charge on any atom is -0.483 e. The zero-order valence-corrected chi connectivity index (χ0v) is 12.2. The normalized spacial score (nSPS) is 10.7. The largest absolute Gasteiger partial charge is 0.483 e. The number of benzene rings is 1. The number of halogens is 3. The molecule has 1 aromatic carbocycles. The molecule has 0 aliphatic carbocycles. The van der Waals surface area contributed by atoms with E-state index in [1.54, 1.807) is 0 Å². The van der Waals surface area contributed by atoms with Crippen molar-refractivity contribution in [2.45, 2.75) is 20.5 Å². The number of hydrogen-bond donors (Lipinski definition) is 0. The number of ether oxygens (including phenoxy) is 1. The summed E-state index contributed by atoms with van der Waals surface area (Å²) in [5.41, 5.74) is 0.930. The minimum absolute atomic E-state index is 0.118. The predicted octanol–water partition coefficient (Wildman–Crippen LogP) is 4.38. The topological polar surface area (TPSA) is 22.1 Å². The second-order valence-electron chi connectivity index (χ2n) is 3.74. The van der Waals surface area contributed by atoms with Crippen molar-refractivity contribution in [3.63, 3.8) is 0 Å². The van der Waals surface area contributed by atoms with Crippen LogP contribution in [0.3, 0.4) is 0 Å². The second kappa shape index (κ2) is 5.32. The first-order valence-electron chi connectivity index (χ1n) is 5.17. The Hall–Kier alpha value is -1.01. The van der Waals surface area contributed by atoms with E-state index in [1.165, 1.54) is 17.4 Å². The van der Waals surface area contributed by atoms with E-state index in [0.717, 1.165) is 21.6 Å². The Kier molecular flexibility index (Phi) is 3.97. The van der Waals surface area contributed by atoms with Crippen LogP contribution in [0.2, 0.25) is 0 Å². The molecule has 0 bridgehead atoms. The SMILES string of the molecule is Cc1nc(COc2cc(Br)cc(F)c2F)sc1C. The molecule has 0 aliphatic rings. The van der Waals surface area contributed by atoms with Crippen LogP contribution < -0.4 is 4.74 Å². The molecule has 1 aromatic heterocycles.